The summed E-state index contributed by atoms with van der Waals surface area (Å²) >= 11 is 0. The highest BCUT2D eigenvalue weighted by atomic mass is 16.4. The number of allylic oxidation sites excluding steroid dienone is 1. The van der Waals surface area contributed by atoms with Gasteiger partial charge in [-0.2, -0.15) is 0 Å². The summed E-state index contributed by atoms with van der Waals surface area (Å²) in [6, 6.07) is 0. The Kier molecular flexibility index (Phi) is 5.79. The molecule has 4 nitrogen and oxygen atoms in total. The van der Waals surface area contributed by atoms with Crippen LogP contribution in [0.1, 0.15) is 33.1 Å². The minimum Gasteiger partial charge on any atom is -0.478 e. The second-order valence-electron chi connectivity index (χ2n) is 3.33. The Labute approximate surface area is 83.2 Å². The molecule has 4 heteroatoms. The molecular formula is C10H16O4. The average molecular weight is 200 g/mol. The zero-order valence-electron chi connectivity index (χ0n) is 8.49. The predicted octanol–water partition coefficient (Wildman–Crippen LogP) is 1.14. The highest BCUT2D eigenvalue weighted by Gasteiger charge is 2.06. The number of carbonyl (C=O) groups excluding carboxylic acids is 1. The Morgan fingerprint density at radius 3 is 2.36 bits per heavy atom. The molecule has 1 unspecified atom stereocenters. The summed E-state index contributed by atoms with van der Waals surface area (Å²) in [6.07, 6.45) is 1.92. The molecule has 0 aromatic heterocycles. The molecule has 0 aromatic carbocycles. The maximum absolute atomic E-state index is 10.6. The third kappa shape index (κ3) is 6.37. The summed E-state index contributed by atoms with van der Waals surface area (Å²) in [5, 5.41) is 17.8. The lowest BCUT2D eigenvalue weighted by Crippen LogP contribution is -2.10. The fourth-order valence-corrected chi connectivity index (χ4v) is 1.01. The van der Waals surface area contributed by atoms with Crippen LogP contribution < -0.4 is 0 Å². The minimum atomic E-state index is -0.953. The molecule has 0 aliphatic heterocycles. The summed E-state index contributed by atoms with van der Waals surface area (Å²) in [5.41, 5.74) is 0.264. The third-order valence-electron chi connectivity index (χ3n) is 1.81. The second kappa shape index (κ2) is 6.32. The molecule has 2 N–H and O–H groups in total. The predicted molar refractivity (Wildman–Crippen MR) is 51.9 cm³/mol. The molecule has 0 aromatic rings. The van der Waals surface area contributed by atoms with Crippen molar-refractivity contribution in [3.8, 4) is 0 Å². The molecular weight excluding hydrogens is 184 g/mol. The quantitative estimate of drug-likeness (QED) is 0.630. The SMILES string of the molecule is CC(=O)CC(O)CCC=C(C)C(=O)O. The van der Waals surface area contributed by atoms with Crippen molar-refractivity contribution in [2.24, 2.45) is 0 Å². The Bertz CT molecular complexity index is 243. The van der Waals surface area contributed by atoms with Gasteiger partial charge in [0, 0.05) is 12.0 Å². The number of carboxylic acids is 1. The topological polar surface area (TPSA) is 74.6 Å². The van der Waals surface area contributed by atoms with Gasteiger partial charge >= 0.3 is 5.97 Å². The fourth-order valence-electron chi connectivity index (χ4n) is 1.01. The summed E-state index contributed by atoms with van der Waals surface area (Å²) in [6.45, 7) is 2.92. The molecule has 0 rings (SSSR count). The van der Waals surface area contributed by atoms with Crippen LogP contribution in [0.15, 0.2) is 11.6 Å². The maximum Gasteiger partial charge on any atom is 0.330 e. The van der Waals surface area contributed by atoms with Crippen LogP contribution in [0.25, 0.3) is 0 Å². The minimum absolute atomic E-state index is 0.0589. The number of rotatable bonds is 6. The number of hydrogen-bond donors (Lipinski definition) is 2. The van der Waals surface area contributed by atoms with Crippen molar-refractivity contribution in [1.29, 1.82) is 0 Å². The van der Waals surface area contributed by atoms with E-state index >= 15 is 0 Å². The first-order chi connectivity index (χ1) is 6.43. The fraction of sp³-hybridized carbons (Fsp3) is 0.600. The highest BCUT2D eigenvalue weighted by molar-refractivity contribution is 5.85. The maximum atomic E-state index is 10.6. The molecule has 80 valence electrons. The summed E-state index contributed by atoms with van der Waals surface area (Å²) in [5.74, 6) is -1.01. The third-order valence-corrected chi connectivity index (χ3v) is 1.81. The van der Waals surface area contributed by atoms with Gasteiger partial charge in [0.1, 0.15) is 5.78 Å². The largest absolute Gasteiger partial charge is 0.478 e. The molecule has 0 fully saturated rings. The van der Waals surface area contributed by atoms with E-state index in [-0.39, 0.29) is 17.8 Å². The Morgan fingerprint density at radius 1 is 1.36 bits per heavy atom. The number of ketones is 1. The molecule has 0 radical (unpaired) electrons. The van der Waals surface area contributed by atoms with E-state index in [0.717, 1.165) is 0 Å². The monoisotopic (exact) mass is 200 g/mol. The van der Waals surface area contributed by atoms with Crippen molar-refractivity contribution in [2.45, 2.75) is 39.2 Å². The first-order valence-corrected chi connectivity index (χ1v) is 4.51. The molecule has 0 aliphatic rings. The Balaban J connectivity index is 3.78. The zero-order chi connectivity index (χ0) is 11.1. The summed E-state index contributed by atoms with van der Waals surface area (Å²) in [4.78, 5) is 21.0. The van der Waals surface area contributed by atoms with Crippen LogP contribution in [0.3, 0.4) is 0 Å². The first kappa shape index (κ1) is 12.8. The van der Waals surface area contributed by atoms with Crippen LogP contribution in [-0.4, -0.2) is 28.1 Å². The van der Waals surface area contributed by atoms with Gasteiger partial charge in [-0.3, -0.25) is 4.79 Å². The van der Waals surface area contributed by atoms with Gasteiger partial charge in [-0.25, -0.2) is 4.79 Å². The van der Waals surface area contributed by atoms with Crippen molar-refractivity contribution in [3.05, 3.63) is 11.6 Å². The number of carbonyl (C=O) groups is 2. The van der Waals surface area contributed by atoms with Crippen LogP contribution >= 0.6 is 0 Å². The van der Waals surface area contributed by atoms with Gasteiger partial charge in [-0.15, -0.1) is 0 Å². The van der Waals surface area contributed by atoms with E-state index in [4.69, 9.17) is 5.11 Å². The number of aliphatic hydroxyl groups excluding tert-OH is 1. The number of aliphatic carboxylic acids is 1. The van der Waals surface area contributed by atoms with Crippen molar-refractivity contribution in [1.82, 2.24) is 0 Å². The van der Waals surface area contributed by atoms with Crippen molar-refractivity contribution >= 4 is 11.8 Å². The van der Waals surface area contributed by atoms with E-state index in [0.29, 0.717) is 12.8 Å². The lowest BCUT2D eigenvalue weighted by atomic mass is 10.1. The summed E-state index contributed by atoms with van der Waals surface area (Å²) < 4.78 is 0. The van der Waals surface area contributed by atoms with Crippen LogP contribution in [0.4, 0.5) is 0 Å². The van der Waals surface area contributed by atoms with E-state index < -0.39 is 12.1 Å². The molecule has 0 spiro atoms. The van der Waals surface area contributed by atoms with Gasteiger partial charge in [0.15, 0.2) is 0 Å². The normalized spacial score (nSPS) is 13.8. The summed E-state index contributed by atoms with van der Waals surface area (Å²) in [7, 11) is 0. The van der Waals surface area contributed by atoms with Gasteiger partial charge in [0.05, 0.1) is 6.10 Å². The number of aliphatic hydroxyl groups is 1. The van der Waals surface area contributed by atoms with E-state index in [9.17, 15) is 14.7 Å². The van der Waals surface area contributed by atoms with Crippen LogP contribution in [0.2, 0.25) is 0 Å². The van der Waals surface area contributed by atoms with E-state index in [1.165, 1.54) is 13.8 Å². The van der Waals surface area contributed by atoms with Gasteiger partial charge < -0.3 is 10.2 Å². The molecule has 0 saturated carbocycles. The van der Waals surface area contributed by atoms with Crippen LogP contribution in [0.5, 0.6) is 0 Å². The van der Waals surface area contributed by atoms with Crippen molar-refractivity contribution < 1.29 is 19.8 Å². The molecule has 0 heterocycles. The molecule has 0 aliphatic carbocycles. The number of carboxylic acid groups (broad SMARTS) is 1. The van der Waals surface area contributed by atoms with Crippen LogP contribution in [-0.2, 0) is 9.59 Å². The molecule has 0 amide bonds. The highest BCUT2D eigenvalue weighted by Crippen LogP contribution is 2.05. The second-order valence-corrected chi connectivity index (χ2v) is 3.33. The molecule has 1 atom stereocenters. The van der Waals surface area contributed by atoms with Gasteiger partial charge in [0.25, 0.3) is 0 Å². The molecule has 14 heavy (non-hydrogen) atoms. The van der Waals surface area contributed by atoms with Gasteiger partial charge in [-0.05, 0) is 26.7 Å². The van der Waals surface area contributed by atoms with E-state index in [1.54, 1.807) is 6.08 Å². The smallest absolute Gasteiger partial charge is 0.330 e. The Morgan fingerprint density at radius 2 is 1.93 bits per heavy atom. The lowest BCUT2D eigenvalue weighted by molar-refractivity contribution is -0.132. The van der Waals surface area contributed by atoms with Gasteiger partial charge in [-0.1, -0.05) is 6.08 Å². The number of Topliss-reactive ketones (excluding diaryl/α,β-unsaturated/α-hetero) is 1. The average Bonchev–Trinajstić information content (AvgIpc) is 2.02. The van der Waals surface area contributed by atoms with Crippen molar-refractivity contribution in [3.63, 3.8) is 0 Å². The first-order valence-electron chi connectivity index (χ1n) is 4.51. The molecule has 0 bridgehead atoms. The Hall–Kier alpha value is -1.16. The standard InChI is InChI=1S/C10H16O4/c1-7(10(13)14)4-3-5-9(12)6-8(2)11/h4,9,12H,3,5-6H2,1-2H3,(H,13,14). The zero-order valence-corrected chi connectivity index (χ0v) is 8.49. The van der Waals surface area contributed by atoms with Gasteiger partial charge in [0.2, 0.25) is 0 Å². The van der Waals surface area contributed by atoms with Crippen molar-refractivity contribution in [2.75, 3.05) is 0 Å². The molecule has 0 saturated heterocycles. The van der Waals surface area contributed by atoms with E-state index in [1.807, 2.05) is 0 Å². The van der Waals surface area contributed by atoms with E-state index in [2.05, 4.69) is 0 Å². The van der Waals surface area contributed by atoms with Crippen LogP contribution in [0, 0.1) is 0 Å². The number of hydrogen-bond acceptors (Lipinski definition) is 3. The lowest BCUT2D eigenvalue weighted by Gasteiger charge is -2.05.